The van der Waals surface area contributed by atoms with Gasteiger partial charge in [-0.1, -0.05) is 11.1 Å². The minimum atomic E-state index is -0.965. The van der Waals surface area contributed by atoms with Gasteiger partial charge in [0, 0.05) is 6.42 Å². The number of allylic oxidation sites excluding steroid dienone is 2. The lowest BCUT2D eigenvalue weighted by molar-refractivity contribution is -0.150. The minimum absolute atomic E-state index is 0.0125. The molecule has 0 aromatic carbocycles. The molecule has 18 heavy (non-hydrogen) atoms. The number of aliphatic carboxylic acids is 2. The zero-order valence-corrected chi connectivity index (χ0v) is 11.2. The first-order valence-corrected chi connectivity index (χ1v) is 5.93. The average Bonchev–Trinajstić information content (AvgIpc) is 2.13. The molecule has 2 N–H and O–H groups in total. The second-order valence-corrected chi connectivity index (χ2v) is 5.10. The Balaban J connectivity index is 4.94. The van der Waals surface area contributed by atoms with Crippen LogP contribution in [0.5, 0.6) is 0 Å². The van der Waals surface area contributed by atoms with Crippen molar-refractivity contribution >= 4 is 11.9 Å². The van der Waals surface area contributed by atoms with Crippen LogP contribution in [0.25, 0.3) is 0 Å². The summed E-state index contributed by atoms with van der Waals surface area (Å²) in [6, 6.07) is 0. The molecule has 0 rings (SSSR count). The number of rotatable bonds is 9. The van der Waals surface area contributed by atoms with Crippen LogP contribution in [0, 0.1) is 5.41 Å². The number of hydrogen-bond acceptors (Lipinski definition) is 2. The third-order valence-corrected chi connectivity index (χ3v) is 2.78. The van der Waals surface area contributed by atoms with E-state index in [4.69, 9.17) is 5.11 Å². The summed E-state index contributed by atoms with van der Waals surface area (Å²) in [7, 11) is 0. The van der Waals surface area contributed by atoms with Crippen molar-refractivity contribution in [2.75, 3.05) is 0 Å². The Morgan fingerprint density at radius 1 is 1.06 bits per heavy atom. The molecule has 0 saturated heterocycles. The monoisotopic (exact) mass is 254 g/mol. The van der Waals surface area contributed by atoms with Gasteiger partial charge in [0.15, 0.2) is 0 Å². The molecular weight excluding hydrogens is 232 g/mol. The van der Waals surface area contributed by atoms with E-state index in [1.807, 2.05) is 0 Å². The number of carbonyl (C=O) groups is 2. The lowest BCUT2D eigenvalue weighted by Crippen LogP contribution is -2.32. The number of carboxylic acids is 2. The molecule has 0 aliphatic carbocycles. The fourth-order valence-electron chi connectivity index (χ4n) is 2.23. The van der Waals surface area contributed by atoms with Gasteiger partial charge in [0.05, 0.1) is 5.41 Å². The molecule has 0 spiro atoms. The van der Waals surface area contributed by atoms with Crippen LogP contribution in [-0.2, 0) is 9.59 Å². The van der Waals surface area contributed by atoms with Gasteiger partial charge in [-0.25, -0.2) is 0 Å². The maximum atomic E-state index is 11.5. The summed E-state index contributed by atoms with van der Waals surface area (Å²) in [6.45, 7) is 11.1. The van der Waals surface area contributed by atoms with Crippen molar-refractivity contribution in [3.8, 4) is 0 Å². The fourth-order valence-corrected chi connectivity index (χ4v) is 2.23. The van der Waals surface area contributed by atoms with Gasteiger partial charge in [-0.05, 0) is 39.5 Å². The van der Waals surface area contributed by atoms with Crippen molar-refractivity contribution in [2.45, 2.75) is 46.0 Å². The predicted molar refractivity (Wildman–Crippen MR) is 70.4 cm³/mol. The summed E-state index contributed by atoms with van der Waals surface area (Å²) in [6.07, 6.45) is 1.38. The average molecular weight is 254 g/mol. The molecule has 0 saturated carbocycles. The molecule has 102 valence electrons. The van der Waals surface area contributed by atoms with Crippen LogP contribution in [-0.4, -0.2) is 22.2 Å². The molecule has 0 radical (unpaired) electrons. The van der Waals surface area contributed by atoms with E-state index in [1.54, 1.807) is 13.8 Å². The van der Waals surface area contributed by atoms with Crippen LogP contribution in [0.15, 0.2) is 24.3 Å². The van der Waals surface area contributed by atoms with Crippen molar-refractivity contribution in [3.05, 3.63) is 24.3 Å². The molecule has 0 aliphatic rings. The zero-order valence-electron chi connectivity index (χ0n) is 11.2. The largest absolute Gasteiger partial charge is 0.481 e. The first kappa shape index (κ1) is 16.4. The van der Waals surface area contributed by atoms with E-state index in [0.29, 0.717) is 25.7 Å². The lowest BCUT2D eigenvalue weighted by atomic mass is 9.73. The molecule has 0 amide bonds. The normalized spacial score (nSPS) is 11.0. The van der Waals surface area contributed by atoms with Crippen LogP contribution in [0.1, 0.15) is 46.0 Å². The number of hydrogen-bond donors (Lipinski definition) is 2. The summed E-state index contributed by atoms with van der Waals surface area (Å²) < 4.78 is 0. The van der Waals surface area contributed by atoms with Gasteiger partial charge < -0.3 is 10.2 Å². The highest BCUT2D eigenvalue weighted by Gasteiger charge is 2.37. The SMILES string of the molecule is C=C(C)CC(CCCC(=O)O)(CC(=C)C)C(=O)O. The van der Waals surface area contributed by atoms with E-state index in [-0.39, 0.29) is 6.42 Å². The first-order chi connectivity index (χ1) is 8.19. The predicted octanol–water partition coefficient (Wildman–Crippen LogP) is 3.24. The third-order valence-electron chi connectivity index (χ3n) is 2.78. The van der Waals surface area contributed by atoms with E-state index in [1.165, 1.54) is 0 Å². The van der Waals surface area contributed by atoms with E-state index < -0.39 is 17.4 Å². The van der Waals surface area contributed by atoms with Crippen LogP contribution >= 0.6 is 0 Å². The Labute approximate surface area is 108 Å². The first-order valence-electron chi connectivity index (χ1n) is 5.93. The summed E-state index contributed by atoms with van der Waals surface area (Å²) in [5.41, 5.74) is 0.607. The highest BCUT2D eigenvalue weighted by molar-refractivity contribution is 5.75. The Morgan fingerprint density at radius 3 is 1.78 bits per heavy atom. The second-order valence-electron chi connectivity index (χ2n) is 5.10. The van der Waals surface area contributed by atoms with E-state index in [0.717, 1.165) is 11.1 Å². The standard InChI is InChI=1S/C14H22O4/c1-10(2)8-14(13(17)18,9-11(3)4)7-5-6-12(15)16/h1,3,5-9H2,2,4H3,(H,15,16)(H,17,18). The molecular formula is C14H22O4. The van der Waals surface area contributed by atoms with Gasteiger partial charge in [-0.2, -0.15) is 0 Å². The summed E-state index contributed by atoms with van der Waals surface area (Å²) in [5.74, 6) is -1.81. The smallest absolute Gasteiger partial charge is 0.310 e. The lowest BCUT2D eigenvalue weighted by Gasteiger charge is -2.30. The van der Waals surface area contributed by atoms with Gasteiger partial charge in [0.2, 0.25) is 0 Å². The Morgan fingerprint density at radius 2 is 1.50 bits per heavy atom. The van der Waals surface area contributed by atoms with Crippen molar-refractivity contribution in [1.29, 1.82) is 0 Å². The van der Waals surface area contributed by atoms with Crippen LogP contribution in [0.2, 0.25) is 0 Å². The molecule has 0 heterocycles. The van der Waals surface area contributed by atoms with Crippen molar-refractivity contribution in [3.63, 3.8) is 0 Å². The van der Waals surface area contributed by atoms with Gasteiger partial charge in [-0.3, -0.25) is 9.59 Å². The summed E-state index contributed by atoms with van der Waals surface area (Å²) in [5, 5.41) is 18.1. The molecule has 0 atom stereocenters. The Hall–Kier alpha value is -1.58. The van der Waals surface area contributed by atoms with Gasteiger partial charge in [-0.15, -0.1) is 13.2 Å². The number of carboxylic acid groups (broad SMARTS) is 2. The van der Waals surface area contributed by atoms with Gasteiger partial charge >= 0.3 is 11.9 Å². The fraction of sp³-hybridized carbons (Fsp3) is 0.571. The second kappa shape index (κ2) is 6.99. The third kappa shape index (κ3) is 5.66. The molecule has 0 unspecified atom stereocenters. The maximum Gasteiger partial charge on any atom is 0.310 e. The zero-order chi connectivity index (χ0) is 14.3. The van der Waals surface area contributed by atoms with E-state index in [2.05, 4.69) is 13.2 Å². The molecule has 0 aromatic rings. The topological polar surface area (TPSA) is 74.6 Å². The van der Waals surface area contributed by atoms with Crippen molar-refractivity contribution < 1.29 is 19.8 Å². The van der Waals surface area contributed by atoms with Gasteiger partial charge in [0.1, 0.15) is 0 Å². The van der Waals surface area contributed by atoms with Crippen LogP contribution in [0.3, 0.4) is 0 Å². The Bertz CT molecular complexity index is 339. The van der Waals surface area contributed by atoms with E-state index in [9.17, 15) is 14.7 Å². The van der Waals surface area contributed by atoms with Gasteiger partial charge in [0.25, 0.3) is 0 Å². The van der Waals surface area contributed by atoms with Crippen LogP contribution < -0.4 is 0 Å². The van der Waals surface area contributed by atoms with Crippen molar-refractivity contribution in [1.82, 2.24) is 0 Å². The van der Waals surface area contributed by atoms with Crippen LogP contribution in [0.4, 0.5) is 0 Å². The highest BCUT2D eigenvalue weighted by atomic mass is 16.4. The quantitative estimate of drug-likeness (QED) is 0.619. The van der Waals surface area contributed by atoms with Crippen molar-refractivity contribution in [2.24, 2.45) is 5.41 Å². The summed E-state index contributed by atoms with van der Waals surface area (Å²) >= 11 is 0. The maximum absolute atomic E-state index is 11.5. The minimum Gasteiger partial charge on any atom is -0.481 e. The molecule has 0 aliphatic heterocycles. The summed E-state index contributed by atoms with van der Waals surface area (Å²) in [4.78, 5) is 22.1. The molecule has 0 aromatic heterocycles. The highest BCUT2D eigenvalue weighted by Crippen LogP contribution is 2.38. The molecule has 4 heteroatoms. The molecule has 0 bridgehead atoms. The molecule has 0 fully saturated rings. The molecule has 4 nitrogen and oxygen atoms in total. The van der Waals surface area contributed by atoms with E-state index >= 15 is 0 Å². The Kier molecular flexibility index (Phi) is 6.37.